The first kappa shape index (κ1) is 15.9. The van der Waals surface area contributed by atoms with Crippen molar-refractivity contribution in [3.05, 3.63) is 17.5 Å². The van der Waals surface area contributed by atoms with Gasteiger partial charge in [-0.05, 0) is 6.42 Å². The van der Waals surface area contributed by atoms with Crippen LogP contribution in [0.2, 0.25) is 0 Å². The van der Waals surface area contributed by atoms with Gasteiger partial charge in [0.15, 0.2) is 0 Å². The lowest BCUT2D eigenvalue weighted by Gasteiger charge is -2.17. The first-order valence-electron chi connectivity index (χ1n) is 5.34. The summed E-state index contributed by atoms with van der Waals surface area (Å²) in [4.78, 5) is 0. The number of aromatic nitrogens is 1. The largest absolute Gasteiger partial charge is 0.389 e. The van der Waals surface area contributed by atoms with Crippen molar-refractivity contribution in [2.24, 2.45) is 5.41 Å². The highest BCUT2D eigenvalue weighted by molar-refractivity contribution is 5.20. The first-order valence-corrected chi connectivity index (χ1v) is 5.34. The van der Waals surface area contributed by atoms with Crippen LogP contribution in [0.15, 0.2) is 10.6 Å². The molecule has 1 heterocycles. The fourth-order valence-electron chi connectivity index (χ4n) is 1.48. The average molecular weight is 293 g/mol. The van der Waals surface area contributed by atoms with Gasteiger partial charge in [-0.1, -0.05) is 5.16 Å². The van der Waals surface area contributed by atoms with Crippen LogP contribution in [0, 0.1) is 28.1 Å². The molecule has 0 aliphatic rings. The van der Waals surface area contributed by atoms with E-state index in [1.54, 1.807) is 0 Å². The molecule has 0 spiro atoms. The van der Waals surface area contributed by atoms with Crippen LogP contribution in [0.1, 0.15) is 30.7 Å². The zero-order valence-corrected chi connectivity index (χ0v) is 9.92. The fraction of sp³-hybridized carbons (Fsp3) is 0.545. The predicted molar refractivity (Wildman–Crippen MR) is 54.1 cm³/mol. The lowest BCUT2D eigenvalue weighted by Crippen LogP contribution is -2.23. The SMILES string of the molecule is N#CC(C#N)(CCC(F)(F)F)Cc1cc(C(F)F)on1. The van der Waals surface area contributed by atoms with Crippen LogP contribution in [0.25, 0.3) is 0 Å². The molecule has 0 aromatic carbocycles. The van der Waals surface area contributed by atoms with E-state index >= 15 is 0 Å². The Morgan fingerprint density at radius 1 is 1.20 bits per heavy atom. The van der Waals surface area contributed by atoms with Crippen LogP contribution in [0.5, 0.6) is 0 Å². The number of nitriles is 2. The lowest BCUT2D eigenvalue weighted by molar-refractivity contribution is -0.138. The van der Waals surface area contributed by atoms with Crippen LogP contribution >= 0.6 is 0 Å². The third kappa shape index (κ3) is 4.19. The van der Waals surface area contributed by atoms with Crippen LogP contribution in [-0.2, 0) is 6.42 Å². The molecule has 0 saturated carbocycles. The molecule has 0 unspecified atom stereocenters. The van der Waals surface area contributed by atoms with E-state index in [4.69, 9.17) is 10.5 Å². The van der Waals surface area contributed by atoms with E-state index in [1.807, 2.05) is 0 Å². The average Bonchev–Trinajstić information content (AvgIpc) is 2.82. The molecule has 4 nitrogen and oxygen atoms in total. The number of halogens is 5. The van der Waals surface area contributed by atoms with E-state index in [0.29, 0.717) is 0 Å². The lowest BCUT2D eigenvalue weighted by atomic mass is 9.82. The van der Waals surface area contributed by atoms with Gasteiger partial charge < -0.3 is 4.52 Å². The summed E-state index contributed by atoms with van der Waals surface area (Å²) in [6.07, 6.45) is -10.0. The number of rotatable bonds is 5. The molecule has 1 aromatic rings. The van der Waals surface area contributed by atoms with Gasteiger partial charge in [-0.3, -0.25) is 0 Å². The monoisotopic (exact) mass is 293 g/mol. The molecule has 0 aliphatic heterocycles. The van der Waals surface area contributed by atoms with E-state index in [0.717, 1.165) is 6.07 Å². The fourth-order valence-corrected chi connectivity index (χ4v) is 1.48. The van der Waals surface area contributed by atoms with Crippen molar-refractivity contribution < 1.29 is 26.5 Å². The normalized spacial score (nSPS) is 12.2. The van der Waals surface area contributed by atoms with E-state index < -0.39 is 43.0 Å². The van der Waals surface area contributed by atoms with E-state index in [1.165, 1.54) is 12.1 Å². The Hall–Kier alpha value is -2.16. The highest BCUT2D eigenvalue weighted by Gasteiger charge is 2.38. The summed E-state index contributed by atoms with van der Waals surface area (Å²) in [6.45, 7) is 0. The van der Waals surface area contributed by atoms with Gasteiger partial charge in [0.1, 0.15) is 5.41 Å². The number of alkyl halides is 5. The quantitative estimate of drug-likeness (QED) is 0.778. The Balaban J connectivity index is 2.86. The van der Waals surface area contributed by atoms with Gasteiger partial charge >= 0.3 is 6.18 Å². The number of hydrogen-bond donors (Lipinski definition) is 0. The molecule has 108 valence electrons. The summed E-state index contributed by atoms with van der Waals surface area (Å²) < 4.78 is 65.3. The summed E-state index contributed by atoms with van der Waals surface area (Å²) in [5, 5.41) is 21.0. The molecule has 0 radical (unpaired) electrons. The second-order valence-corrected chi connectivity index (χ2v) is 4.12. The van der Waals surface area contributed by atoms with Gasteiger partial charge in [-0.15, -0.1) is 0 Å². The molecule has 0 bridgehead atoms. The maximum Gasteiger partial charge on any atom is 0.389 e. The van der Waals surface area contributed by atoms with Crippen molar-refractivity contribution in [3.8, 4) is 12.1 Å². The molecule has 0 saturated heterocycles. The van der Waals surface area contributed by atoms with Gasteiger partial charge in [0.25, 0.3) is 6.43 Å². The summed E-state index contributed by atoms with van der Waals surface area (Å²) in [6, 6.07) is 3.81. The van der Waals surface area contributed by atoms with E-state index in [-0.39, 0.29) is 5.69 Å². The molecule has 0 aliphatic carbocycles. The zero-order valence-electron chi connectivity index (χ0n) is 9.92. The molecule has 1 rings (SSSR count). The Labute approximate surface area is 110 Å². The second-order valence-electron chi connectivity index (χ2n) is 4.12. The van der Waals surface area contributed by atoms with Crippen LogP contribution in [0.4, 0.5) is 22.0 Å². The molecule has 0 N–H and O–H groups in total. The summed E-state index contributed by atoms with van der Waals surface area (Å²) in [7, 11) is 0. The van der Waals surface area contributed by atoms with Crippen LogP contribution in [-0.4, -0.2) is 11.3 Å². The maximum atomic E-state index is 12.3. The van der Waals surface area contributed by atoms with Crippen molar-refractivity contribution >= 4 is 0 Å². The van der Waals surface area contributed by atoms with E-state index in [2.05, 4.69) is 9.68 Å². The zero-order chi connectivity index (χ0) is 15.4. The summed E-state index contributed by atoms with van der Waals surface area (Å²) in [5.41, 5.74) is -2.14. The summed E-state index contributed by atoms with van der Waals surface area (Å²) in [5.74, 6) is -0.763. The Morgan fingerprint density at radius 2 is 1.80 bits per heavy atom. The third-order valence-electron chi connectivity index (χ3n) is 2.54. The molecule has 9 heteroatoms. The Morgan fingerprint density at radius 3 is 2.20 bits per heavy atom. The first-order chi connectivity index (χ1) is 9.21. The van der Waals surface area contributed by atoms with Gasteiger partial charge in [0.05, 0.1) is 17.8 Å². The van der Waals surface area contributed by atoms with Gasteiger partial charge in [-0.2, -0.15) is 23.7 Å². The minimum absolute atomic E-state index is 0.162. The molecule has 0 amide bonds. The van der Waals surface area contributed by atoms with Crippen molar-refractivity contribution in [1.29, 1.82) is 10.5 Å². The number of hydrogen-bond acceptors (Lipinski definition) is 4. The second kappa shape index (κ2) is 5.87. The van der Waals surface area contributed by atoms with Crippen molar-refractivity contribution in [3.63, 3.8) is 0 Å². The van der Waals surface area contributed by atoms with Crippen molar-refractivity contribution in [2.75, 3.05) is 0 Å². The van der Waals surface area contributed by atoms with Gasteiger partial charge in [0.2, 0.25) is 5.76 Å². The predicted octanol–water partition coefficient (Wildman–Crippen LogP) is 3.53. The third-order valence-corrected chi connectivity index (χ3v) is 2.54. The molecular weight excluding hydrogens is 285 g/mol. The molecule has 0 atom stereocenters. The number of nitrogens with zero attached hydrogens (tertiary/aromatic N) is 3. The molecule has 20 heavy (non-hydrogen) atoms. The minimum atomic E-state index is -4.52. The maximum absolute atomic E-state index is 12.3. The van der Waals surface area contributed by atoms with Gasteiger partial charge in [-0.25, -0.2) is 8.78 Å². The Kier molecular flexibility index (Phi) is 4.66. The smallest absolute Gasteiger partial charge is 0.355 e. The van der Waals surface area contributed by atoms with Crippen LogP contribution < -0.4 is 0 Å². The van der Waals surface area contributed by atoms with E-state index in [9.17, 15) is 22.0 Å². The van der Waals surface area contributed by atoms with Crippen LogP contribution in [0.3, 0.4) is 0 Å². The van der Waals surface area contributed by atoms with Crippen molar-refractivity contribution in [2.45, 2.75) is 31.9 Å². The minimum Gasteiger partial charge on any atom is -0.355 e. The standard InChI is InChI=1S/C11H8F5N3O/c12-9(13)8-3-7(19-20-8)4-10(5-17,6-18)1-2-11(14,15)16/h3,9H,1-2,4H2. The molecule has 0 fully saturated rings. The van der Waals surface area contributed by atoms with Gasteiger partial charge in [0, 0.05) is 18.9 Å². The molecule has 1 aromatic heterocycles. The topological polar surface area (TPSA) is 73.6 Å². The molecular formula is C11H8F5N3O. The highest BCUT2D eigenvalue weighted by atomic mass is 19.4. The summed E-state index contributed by atoms with van der Waals surface area (Å²) >= 11 is 0. The van der Waals surface area contributed by atoms with Crippen molar-refractivity contribution in [1.82, 2.24) is 5.16 Å². The highest BCUT2D eigenvalue weighted by Crippen LogP contribution is 2.33. The Bertz CT molecular complexity index is 523.